The Morgan fingerprint density at radius 2 is 2.00 bits per heavy atom. The van der Waals surface area contributed by atoms with Crippen LogP contribution >= 0.6 is 0 Å². The molecule has 2 heteroatoms. The Balaban J connectivity index is 2.57. The standard InChI is InChI=1S/C9H16N2/c1-7-5-9(7,6-10)11-8(2,3)4/h7,11H,5H2,1-4H3. The summed E-state index contributed by atoms with van der Waals surface area (Å²) in [7, 11) is 0. The van der Waals surface area contributed by atoms with Gasteiger partial charge >= 0.3 is 0 Å². The Labute approximate surface area is 68.6 Å². The molecule has 0 saturated heterocycles. The SMILES string of the molecule is CC1CC1(C#N)NC(C)(C)C. The molecule has 0 aromatic carbocycles. The third-order valence-electron chi connectivity index (χ3n) is 2.11. The fraction of sp³-hybridized carbons (Fsp3) is 0.889. The van der Waals surface area contributed by atoms with Crippen LogP contribution in [0.15, 0.2) is 0 Å². The second kappa shape index (κ2) is 2.22. The monoisotopic (exact) mass is 152 g/mol. The summed E-state index contributed by atoms with van der Waals surface area (Å²) in [6.45, 7) is 8.40. The van der Waals surface area contributed by atoms with E-state index in [1.165, 1.54) is 0 Å². The van der Waals surface area contributed by atoms with Gasteiger partial charge in [0.25, 0.3) is 0 Å². The van der Waals surface area contributed by atoms with Crippen LogP contribution in [0, 0.1) is 17.2 Å². The molecule has 0 aromatic rings. The van der Waals surface area contributed by atoms with Crippen LogP contribution in [0.4, 0.5) is 0 Å². The largest absolute Gasteiger partial charge is 0.294 e. The molecule has 0 radical (unpaired) electrons. The Hall–Kier alpha value is -0.550. The summed E-state index contributed by atoms with van der Waals surface area (Å²) >= 11 is 0. The smallest absolute Gasteiger partial charge is 0.110 e. The predicted molar refractivity (Wildman–Crippen MR) is 45.0 cm³/mol. The lowest BCUT2D eigenvalue weighted by Crippen LogP contribution is -2.45. The molecule has 1 aliphatic rings. The molecular weight excluding hydrogens is 136 g/mol. The molecular formula is C9H16N2. The zero-order valence-corrected chi connectivity index (χ0v) is 7.73. The minimum Gasteiger partial charge on any atom is -0.294 e. The van der Waals surface area contributed by atoms with Gasteiger partial charge in [0.2, 0.25) is 0 Å². The summed E-state index contributed by atoms with van der Waals surface area (Å²) in [4.78, 5) is 0. The topological polar surface area (TPSA) is 35.8 Å². The molecule has 1 N–H and O–H groups in total. The minimum absolute atomic E-state index is 0.0560. The maximum absolute atomic E-state index is 8.88. The van der Waals surface area contributed by atoms with Crippen molar-refractivity contribution in [1.29, 1.82) is 5.26 Å². The van der Waals surface area contributed by atoms with Crippen molar-refractivity contribution < 1.29 is 0 Å². The van der Waals surface area contributed by atoms with Gasteiger partial charge in [0.1, 0.15) is 5.54 Å². The quantitative estimate of drug-likeness (QED) is 0.620. The van der Waals surface area contributed by atoms with Crippen LogP contribution in [-0.2, 0) is 0 Å². The van der Waals surface area contributed by atoms with Gasteiger partial charge in [-0.2, -0.15) is 5.26 Å². The van der Waals surface area contributed by atoms with Gasteiger partial charge in [-0.05, 0) is 33.1 Å². The first-order valence-corrected chi connectivity index (χ1v) is 4.10. The first-order chi connectivity index (χ1) is 4.90. The van der Waals surface area contributed by atoms with E-state index < -0.39 is 0 Å². The highest BCUT2D eigenvalue weighted by Crippen LogP contribution is 2.43. The lowest BCUT2D eigenvalue weighted by atomic mass is 10.1. The van der Waals surface area contributed by atoms with Crippen LogP contribution in [-0.4, -0.2) is 11.1 Å². The number of nitriles is 1. The zero-order chi connectivity index (χ0) is 8.70. The number of nitrogens with zero attached hydrogens (tertiary/aromatic N) is 1. The van der Waals surface area contributed by atoms with Crippen LogP contribution in [0.2, 0.25) is 0 Å². The third-order valence-corrected chi connectivity index (χ3v) is 2.11. The van der Waals surface area contributed by atoms with Gasteiger partial charge in [0.05, 0.1) is 6.07 Å². The highest BCUT2D eigenvalue weighted by molar-refractivity contribution is 5.23. The molecule has 11 heavy (non-hydrogen) atoms. The molecule has 1 aliphatic carbocycles. The van der Waals surface area contributed by atoms with Gasteiger partial charge < -0.3 is 0 Å². The minimum atomic E-state index is -0.210. The molecule has 2 unspecified atom stereocenters. The summed E-state index contributed by atoms with van der Waals surface area (Å²) in [6, 6.07) is 2.35. The Bertz CT molecular complexity index is 197. The molecule has 0 aliphatic heterocycles. The first-order valence-electron chi connectivity index (χ1n) is 4.10. The molecule has 0 aromatic heterocycles. The van der Waals surface area contributed by atoms with E-state index in [2.05, 4.69) is 39.1 Å². The Morgan fingerprint density at radius 1 is 1.55 bits per heavy atom. The maximum atomic E-state index is 8.88. The number of hydrogen-bond donors (Lipinski definition) is 1. The lowest BCUT2D eigenvalue weighted by Gasteiger charge is -2.24. The van der Waals surface area contributed by atoms with Gasteiger partial charge in [-0.25, -0.2) is 0 Å². The lowest BCUT2D eigenvalue weighted by molar-refractivity contribution is 0.373. The molecule has 1 fully saturated rings. The maximum Gasteiger partial charge on any atom is 0.110 e. The van der Waals surface area contributed by atoms with Crippen molar-refractivity contribution in [3.8, 4) is 6.07 Å². The molecule has 2 nitrogen and oxygen atoms in total. The summed E-state index contributed by atoms with van der Waals surface area (Å²) in [5.41, 5.74) is -0.154. The van der Waals surface area contributed by atoms with E-state index in [9.17, 15) is 0 Å². The van der Waals surface area contributed by atoms with Crippen molar-refractivity contribution in [2.75, 3.05) is 0 Å². The van der Waals surface area contributed by atoms with Gasteiger partial charge in [0, 0.05) is 5.54 Å². The van der Waals surface area contributed by atoms with Crippen LogP contribution in [0.5, 0.6) is 0 Å². The normalized spacial score (nSPS) is 36.5. The van der Waals surface area contributed by atoms with Crippen LogP contribution in [0.1, 0.15) is 34.1 Å². The van der Waals surface area contributed by atoms with Crippen molar-refractivity contribution in [2.24, 2.45) is 5.92 Å². The highest BCUT2D eigenvalue weighted by atomic mass is 15.1. The van der Waals surface area contributed by atoms with Crippen molar-refractivity contribution in [2.45, 2.75) is 45.2 Å². The molecule has 0 bridgehead atoms. The van der Waals surface area contributed by atoms with E-state index in [1.54, 1.807) is 0 Å². The third kappa shape index (κ3) is 1.72. The fourth-order valence-corrected chi connectivity index (χ4v) is 1.45. The average Bonchev–Trinajstić information content (AvgIpc) is 2.39. The van der Waals surface area contributed by atoms with E-state index >= 15 is 0 Å². The second-order valence-electron chi connectivity index (χ2n) is 4.56. The van der Waals surface area contributed by atoms with Crippen molar-refractivity contribution in [1.82, 2.24) is 5.32 Å². The number of nitrogens with one attached hydrogen (secondary N) is 1. The summed E-state index contributed by atoms with van der Waals surface area (Å²) in [6.07, 6.45) is 1.00. The molecule has 1 saturated carbocycles. The second-order valence-corrected chi connectivity index (χ2v) is 4.56. The fourth-order valence-electron chi connectivity index (χ4n) is 1.45. The molecule has 0 spiro atoms. The Kier molecular flexibility index (Phi) is 1.72. The van der Waals surface area contributed by atoms with Gasteiger partial charge in [-0.15, -0.1) is 0 Å². The molecule has 0 amide bonds. The summed E-state index contributed by atoms with van der Waals surface area (Å²) in [5.74, 6) is 0.520. The number of hydrogen-bond acceptors (Lipinski definition) is 2. The number of rotatable bonds is 1. The van der Waals surface area contributed by atoms with E-state index in [0.717, 1.165) is 6.42 Å². The van der Waals surface area contributed by atoms with E-state index in [-0.39, 0.29) is 11.1 Å². The Morgan fingerprint density at radius 3 is 2.09 bits per heavy atom. The van der Waals surface area contributed by atoms with Crippen molar-refractivity contribution in [3.05, 3.63) is 0 Å². The van der Waals surface area contributed by atoms with Crippen molar-refractivity contribution >= 4 is 0 Å². The predicted octanol–water partition coefficient (Wildman–Crippen LogP) is 1.68. The van der Waals surface area contributed by atoms with E-state index in [1.807, 2.05) is 0 Å². The van der Waals surface area contributed by atoms with E-state index in [4.69, 9.17) is 5.26 Å². The van der Waals surface area contributed by atoms with Crippen LogP contribution in [0.3, 0.4) is 0 Å². The molecule has 1 rings (SSSR count). The van der Waals surface area contributed by atoms with Gasteiger partial charge in [-0.3, -0.25) is 5.32 Å². The first kappa shape index (κ1) is 8.55. The van der Waals surface area contributed by atoms with Crippen molar-refractivity contribution in [3.63, 3.8) is 0 Å². The van der Waals surface area contributed by atoms with E-state index in [0.29, 0.717) is 5.92 Å². The molecule has 0 heterocycles. The average molecular weight is 152 g/mol. The highest BCUT2D eigenvalue weighted by Gasteiger charge is 2.53. The summed E-state index contributed by atoms with van der Waals surface area (Å²) in [5, 5.41) is 12.2. The van der Waals surface area contributed by atoms with Gasteiger partial charge in [-0.1, -0.05) is 6.92 Å². The molecule has 2 atom stereocenters. The summed E-state index contributed by atoms with van der Waals surface area (Å²) < 4.78 is 0. The van der Waals surface area contributed by atoms with Gasteiger partial charge in [0.15, 0.2) is 0 Å². The zero-order valence-electron chi connectivity index (χ0n) is 7.73. The van der Waals surface area contributed by atoms with Crippen LogP contribution in [0.25, 0.3) is 0 Å². The molecule has 62 valence electrons. The van der Waals surface area contributed by atoms with Crippen LogP contribution < -0.4 is 5.32 Å².